The number of hydrogen-bond acceptors (Lipinski definition) is 3. The third-order valence-electron chi connectivity index (χ3n) is 3.68. The second kappa shape index (κ2) is 6.11. The van der Waals surface area contributed by atoms with E-state index in [1.54, 1.807) is 0 Å². The van der Waals surface area contributed by atoms with Crippen LogP contribution in [-0.4, -0.2) is 15.0 Å². The predicted octanol–water partition coefficient (Wildman–Crippen LogP) is 3.54. The van der Waals surface area contributed by atoms with E-state index in [2.05, 4.69) is 30.2 Å². The van der Waals surface area contributed by atoms with Crippen LogP contribution < -0.4 is 14.2 Å². The molecule has 1 aliphatic heterocycles. The van der Waals surface area contributed by atoms with Crippen molar-refractivity contribution in [3.63, 3.8) is 0 Å². The largest absolute Gasteiger partial charge is 0.493 e. The number of benzene rings is 2. The minimum absolute atomic E-state index is 0.0997. The molecule has 3 rings (SSSR count). The molecule has 2 aromatic rings. The molecule has 0 amide bonds. The van der Waals surface area contributed by atoms with Gasteiger partial charge < -0.3 is 4.74 Å². The third-order valence-corrected chi connectivity index (χ3v) is 4.67. The van der Waals surface area contributed by atoms with Gasteiger partial charge in [-0.25, -0.2) is 0 Å². The number of hydrogen-bond donors (Lipinski definition) is 2. The molecule has 0 unspecified atom stereocenters. The van der Waals surface area contributed by atoms with Crippen LogP contribution >= 0.6 is 0 Å². The number of fused-ring (bicyclic) bond motifs is 1. The summed E-state index contributed by atoms with van der Waals surface area (Å²) in [4.78, 5) is 0. The zero-order valence-corrected chi connectivity index (χ0v) is 14.9. The Bertz CT molecular complexity index is 838. The second-order valence-electron chi connectivity index (χ2n) is 7.14. The minimum Gasteiger partial charge on any atom is -0.493 e. The molecule has 128 valence electrons. The highest BCUT2D eigenvalue weighted by Gasteiger charge is 2.22. The van der Waals surface area contributed by atoms with Gasteiger partial charge in [-0.2, -0.15) is 13.1 Å². The van der Waals surface area contributed by atoms with Gasteiger partial charge in [0.25, 0.3) is 10.2 Å². The minimum atomic E-state index is -3.48. The van der Waals surface area contributed by atoms with Crippen molar-refractivity contribution in [3.8, 4) is 16.9 Å². The standard InChI is InChI=1S/C18H22N2O3S/c1-18(2,3)12-23-15-9-7-13(8-10-15)16-6-4-5-14-11-19-24(21,22)20-17(14)16/h4-10,19-20H,11-12H2,1-3H3. The van der Waals surface area contributed by atoms with Crippen LogP contribution in [0.3, 0.4) is 0 Å². The van der Waals surface area contributed by atoms with Crippen LogP contribution in [0.5, 0.6) is 5.75 Å². The van der Waals surface area contributed by atoms with Crippen LogP contribution in [0.1, 0.15) is 26.3 Å². The first-order chi connectivity index (χ1) is 11.2. The molecule has 0 fully saturated rings. The van der Waals surface area contributed by atoms with E-state index < -0.39 is 10.2 Å². The maximum atomic E-state index is 11.8. The highest BCUT2D eigenvalue weighted by molar-refractivity contribution is 7.90. The highest BCUT2D eigenvalue weighted by Crippen LogP contribution is 2.34. The fourth-order valence-electron chi connectivity index (χ4n) is 2.48. The molecular formula is C18H22N2O3S. The summed E-state index contributed by atoms with van der Waals surface area (Å²) < 4.78 is 34.4. The van der Waals surface area contributed by atoms with Crippen molar-refractivity contribution in [2.75, 3.05) is 11.3 Å². The Balaban J connectivity index is 1.88. The summed E-state index contributed by atoms with van der Waals surface area (Å²) in [5, 5.41) is 0. The fraction of sp³-hybridized carbons (Fsp3) is 0.333. The molecule has 0 spiro atoms. The predicted molar refractivity (Wildman–Crippen MR) is 96.2 cm³/mol. The molecule has 5 nitrogen and oxygen atoms in total. The van der Waals surface area contributed by atoms with Crippen molar-refractivity contribution >= 4 is 15.9 Å². The van der Waals surface area contributed by atoms with Crippen LogP contribution in [-0.2, 0) is 16.8 Å². The molecule has 0 saturated carbocycles. The number of rotatable bonds is 3. The zero-order chi connectivity index (χ0) is 17.4. The molecule has 0 aromatic heterocycles. The average molecular weight is 346 g/mol. The van der Waals surface area contributed by atoms with Crippen LogP contribution in [0.4, 0.5) is 5.69 Å². The quantitative estimate of drug-likeness (QED) is 0.893. The fourth-order valence-corrected chi connectivity index (χ4v) is 3.41. The van der Waals surface area contributed by atoms with Crippen LogP contribution in [0.2, 0.25) is 0 Å². The van der Waals surface area contributed by atoms with Crippen molar-refractivity contribution < 1.29 is 13.2 Å². The molecular weight excluding hydrogens is 324 g/mol. The van der Waals surface area contributed by atoms with Gasteiger partial charge in [-0.05, 0) is 28.7 Å². The molecule has 0 atom stereocenters. The van der Waals surface area contributed by atoms with Gasteiger partial charge in [0.15, 0.2) is 0 Å². The van der Waals surface area contributed by atoms with E-state index in [0.29, 0.717) is 18.8 Å². The van der Waals surface area contributed by atoms with Crippen LogP contribution in [0.25, 0.3) is 11.1 Å². The maximum absolute atomic E-state index is 11.8. The van der Waals surface area contributed by atoms with Gasteiger partial charge in [-0.1, -0.05) is 51.1 Å². The first kappa shape index (κ1) is 16.8. The molecule has 2 N–H and O–H groups in total. The summed E-state index contributed by atoms with van der Waals surface area (Å²) in [6, 6.07) is 13.5. The zero-order valence-electron chi connectivity index (χ0n) is 14.1. The van der Waals surface area contributed by atoms with Crippen LogP contribution in [0.15, 0.2) is 42.5 Å². The normalized spacial score (nSPS) is 16.1. The van der Waals surface area contributed by atoms with Crippen molar-refractivity contribution in [3.05, 3.63) is 48.0 Å². The Labute approximate surface area is 143 Å². The summed E-state index contributed by atoms with van der Waals surface area (Å²) in [5.41, 5.74) is 3.47. The van der Waals surface area contributed by atoms with Crippen LogP contribution in [0, 0.1) is 5.41 Å². The monoisotopic (exact) mass is 346 g/mol. The Kier molecular flexibility index (Phi) is 4.27. The molecule has 0 aliphatic carbocycles. The molecule has 0 bridgehead atoms. The van der Waals surface area contributed by atoms with Crippen molar-refractivity contribution in [1.29, 1.82) is 0 Å². The van der Waals surface area contributed by atoms with Crippen molar-refractivity contribution in [2.24, 2.45) is 5.41 Å². The lowest BCUT2D eigenvalue weighted by Gasteiger charge is -2.22. The van der Waals surface area contributed by atoms with E-state index in [-0.39, 0.29) is 5.41 Å². The Morgan fingerprint density at radius 3 is 2.46 bits per heavy atom. The van der Waals surface area contributed by atoms with Gasteiger partial charge in [0.1, 0.15) is 5.75 Å². The number of nitrogens with one attached hydrogen (secondary N) is 2. The lowest BCUT2D eigenvalue weighted by Crippen LogP contribution is -2.34. The molecule has 6 heteroatoms. The molecule has 2 aromatic carbocycles. The third kappa shape index (κ3) is 3.88. The first-order valence-corrected chi connectivity index (χ1v) is 9.34. The van der Waals surface area contributed by atoms with E-state index in [4.69, 9.17) is 4.74 Å². The van der Waals surface area contributed by atoms with E-state index >= 15 is 0 Å². The van der Waals surface area contributed by atoms with E-state index in [9.17, 15) is 8.42 Å². The molecule has 1 heterocycles. The molecule has 0 radical (unpaired) electrons. The lowest BCUT2D eigenvalue weighted by atomic mass is 9.98. The molecule has 1 aliphatic rings. The van der Waals surface area contributed by atoms with Gasteiger partial charge in [-0.3, -0.25) is 4.72 Å². The highest BCUT2D eigenvalue weighted by atomic mass is 32.2. The lowest BCUT2D eigenvalue weighted by molar-refractivity contribution is 0.198. The number of para-hydroxylation sites is 1. The SMILES string of the molecule is CC(C)(C)COc1ccc(-c2cccc3c2NS(=O)(=O)NC3)cc1. The first-order valence-electron chi connectivity index (χ1n) is 7.86. The maximum Gasteiger partial charge on any atom is 0.299 e. The summed E-state index contributed by atoms with van der Waals surface area (Å²) in [5.74, 6) is 0.806. The van der Waals surface area contributed by atoms with Crippen molar-refractivity contribution in [1.82, 2.24) is 4.72 Å². The van der Waals surface area contributed by atoms with E-state index in [1.807, 2.05) is 42.5 Å². The number of anilines is 1. The Hall–Kier alpha value is -2.05. The van der Waals surface area contributed by atoms with E-state index in [0.717, 1.165) is 22.4 Å². The van der Waals surface area contributed by atoms with Crippen molar-refractivity contribution in [2.45, 2.75) is 27.3 Å². The summed E-state index contributed by atoms with van der Waals surface area (Å²) >= 11 is 0. The molecule has 0 saturated heterocycles. The van der Waals surface area contributed by atoms with E-state index in [1.165, 1.54) is 0 Å². The van der Waals surface area contributed by atoms with Gasteiger partial charge in [0.05, 0.1) is 12.3 Å². The van der Waals surface area contributed by atoms with Gasteiger partial charge in [0.2, 0.25) is 0 Å². The summed E-state index contributed by atoms with van der Waals surface area (Å²) in [7, 11) is -3.48. The summed E-state index contributed by atoms with van der Waals surface area (Å²) in [6.07, 6.45) is 0. The topological polar surface area (TPSA) is 67.4 Å². The van der Waals surface area contributed by atoms with Gasteiger partial charge >= 0.3 is 0 Å². The second-order valence-corrected chi connectivity index (χ2v) is 8.64. The molecule has 24 heavy (non-hydrogen) atoms. The summed E-state index contributed by atoms with van der Waals surface area (Å²) in [6.45, 7) is 7.30. The smallest absolute Gasteiger partial charge is 0.299 e. The Morgan fingerprint density at radius 2 is 1.79 bits per heavy atom. The number of ether oxygens (including phenoxy) is 1. The van der Waals surface area contributed by atoms with Gasteiger partial charge in [-0.15, -0.1) is 0 Å². The Morgan fingerprint density at radius 1 is 1.08 bits per heavy atom. The van der Waals surface area contributed by atoms with Gasteiger partial charge in [0, 0.05) is 12.1 Å². The average Bonchev–Trinajstić information content (AvgIpc) is 2.51.